The number of pyridine rings is 1. The van der Waals surface area contributed by atoms with Gasteiger partial charge in [0, 0.05) is 47.9 Å². The van der Waals surface area contributed by atoms with Crippen LogP contribution in [0.25, 0.3) is 22.2 Å². The maximum absolute atomic E-state index is 13.4. The number of methoxy groups -OCH3 is 1. The summed E-state index contributed by atoms with van der Waals surface area (Å²) >= 11 is 6.38. The number of hydrogen-bond acceptors (Lipinski definition) is 6. The average molecular weight is 440 g/mol. The highest BCUT2D eigenvalue weighted by Crippen LogP contribution is 2.37. The summed E-state index contributed by atoms with van der Waals surface area (Å²) in [6.07, 6.45) is 5.73. The molecule has 2 aromatic heterocycles. The second kappa shape index (κ2) is 8.57. The molecule has 0 radical (unpaired) electrons. The molecule has 31 heavy (non-hydrogen) atoms. The van der Waals surface area contributed by atoms with Gasteiger partial charge in [-0.05, 0) is 36.8 Å². The lowest BCUT2D eigenvalue weighted by molar-refractivity contribution is 0.187. The number of nitrogens with one attached hydrogen (secondary N) is 1. The number of hydrogen-bond donors (Lipinski definition) is 1. The van der Waals surface area contributed by atoms with E-state index in [-0.39, 0.29) is 5.56 Å². The quantitative estimate of drug-likeness (QED) is 0.629. The van der Waals surface area contributed by atoms with Crippen LogP contribution in [0.15, 0.2) is 41.3 Å². The number of aromatic nitrogens is 3. The maximum Gasteiger partial charge on any atom is 0.260 e. The van der Waals surface area contributed by atoms with E-state index in [2.05, 4.69) is 15.4 Å². The van der Waals surface area contributed by atoms with Gasteiger partial charge in [0.25, 0.3) is 5.56 Å². The van der Waals surface area contributed by atoms with Crippen molar-refractivity contribution in [3.05, 3.63) is 51.9 Å². The van der Waals surface area contributed by atoms with E-state index in [4.69, 9.17) is 21.3 Å². The first kappa shape index (κ1) is 20.4. The van der Waals surface area contributed by atoms with Crippen LogP contribution in [-0.2, 0) is 11.3 Å². The van der Waals surface area contributed by atoms with Crippen LogP contribution in [0.5, 0.6) is 0 Å². The smallest absolute Gasteiger partial charge is 0.260 e. The predicted molar refractivity (Wildman–Crippen MR) is 122 cm³/mol. The molecule has 1 aromatic carbocycles. The number of nitrogens with zero attached hydrogens (tertiary/aromatic N) is 4. The highest BCUT2D eigenvalue weighted by molar-refractivity contribution is 6.33. The molecule has 2 unspecified atom stereocenters. The van der Waals surface area contributed by atoms with Gasteiger partial charge in [-0.2, -0.15) is 4.98 Å². The predicted octanol–water partition coefficient (Wildman–Crippen LogP) is 3.82. The fourth-order valence-corrected chi connectivity index (χ4v) is 5.18. The van der Waals surface area contributed by atoms with E-state index in [1.165, 1.54) is 19.3 Å². The second-order valence-corrected chi connectivity index (χ2v) is 8.84. The number of rotatable bonds is 6. The summed E-state index contributed by atoms with van der Waals surface area (Å²) in [5, 5.41) is 3.54. The van der Waals surface area contributed by atoms with E-state index in [1.807, 2.05) is 24.3 Å². The summed E-state index contributed by atoms with van der Waals surface area (Å²) in [6.45, 7) is 2.85. The van der Waals surface area contributed by atoms with Crippen LogP contribution >= 0.6 is 11.6 Å². The zero-order valence-electron chi connectivity index (χ0n) is 17.6. The van der Waals surface area contributed by atoms with Crippen molar-refractivity contribution < 1.29 is 4.74 Å². The second-order valence-electron chi connectivity index (χ2n) is 8.43. The van der Waals surface area contributed by atoms with Crippen LogP contribution < -0.4 is 11.0 Å². The van der Waals surface area contributed by atoms with Gasteiger partial charge in [0.2, 0.25) is 5.95 Å². The lowest BCUT2D eigenvalue weighted by Crippen LogP contribution is -2.30. The molecule has 8 heteroatoms. The molecule has 1 aliphatic carbocycles. The first-order chi connectivity index (χ1) is 15.1. The molecule has 2 fully saturated rings. The maximum atomic E-state index is 13.4. The van der Waals surface area contributed by atoms with E-state index in [1.54, 1.807) is 23.9 Å². The highest BCUT2D eigenvalue weighted by atomic mass is 35.5. The van der Waals surface area contributed by atoms with Gasteiger partial charge in [0.15, 0.2) is 0 Å². The van der Waals surface area contributed by atoms with Gasteiger partial charge < -0.3 is 4.74 Å². The zero-order valence-corrected chi connectivity index (χ0v) is 18.3. The molecule has 1 N–H and O–H groups in total. The molecule has 5 rings (SSSR count). The minimum absolute atomic E-state index is 0.141. The molecule has 1 saturated carbocycles. The van der Waals surface area contributed by atoms with E-state index in [0.29, 0.717) is 40.9 Å². The van der Waals surface area contributed by atoms with Crippen molar-refractivity contribution in [1.82, 2.24) is 19.5 Å². The largest absolute Gasteiger partial charge is 0.383 e. The van der Waals surface area contributed by atoms with Crippen molar-refractivity contribution >= 4 is 28.6 Å². The summed E-state index contributed by atoms with van der Waals surface area (Å²) in [7, 11) is 1.62. The topological polar surface area (TPSA) is 72.3 Å². The fourth-order valence-electron chi connectivity index (χ4n) is 4.94. The average Bonchev–Trinajstić information content (AvgIpc) is 3.35. The van der Waals surface area contributed by atoms with Crippen molar-refractivity contribution in [3.63, 3.8) is 0 Å². The minimum atomic E-state index is -0.141. The molecular weight excluding hydrogens is 414 g/mol. The Bertz CT molecular complexity index is 1150. The van der Waals surface area contributed by atoms with Crippen molar-refractivity contribution in [2.45, 2.75) is 25.8 Å². The zero-order chi connectivity index (χ0) is 21.4. The molecule has 0 amide bonds. The van der Waals surface area contributed by atoms with E-state index in [0.717, 1.165) is 30.3 Å². The third-order valence-electron chi connectivity index (χ3n) is 6.49. The molecule has 2 atom stereocenters. The van der Waals surface area contributed by atoms with E-state index in [9.17, 15) is 4.79 Å². The Morgan fingerprint density at radius 2 is 1.97 bits per heavy atom. The molecule has 0 spiro atoms. The van der Waals surface area contributed by atoms with Crippen molar-refractivity contribution in [2.24, 2.45) is 11.8 Å². The van der Waals surface area contributed by atoms with E-state index >= 15 is 0 Å². The molecule has 1 aliphatic heterocycles. The number of fused-ring (bicyclic) bond motifs is 2. The fraction of sp³-hybridized carbons (Fsp3) is 0.435. The Morgan fingerprint density at radius 1 is 1.19 bits per heavy atom. The molecule has 0 bridgehead atoms. The van der Waals surface area contributed by atoms with Crippen molar-refractivity contribution in [3.8, 4) is 11.1 Å². The lowest BCUT2D eigenvalue weighted by atomic mass is 10.0. The van der Waals surface area contributed by atoms with Crippen LogP contribution in [-0.4, -0.2) is 46.4 Å². The van der Waals surface area contributed by atoms with Crippen LogP contribution in [0.3, 0.4) is 0 Å². The first-order valence-corrected chi connectivity index (χ1v) is 11.2. The molecule has 3 heterocycles. The van der Waals surface area contributed by atoms with Crippen LogP contribution in [0.4, 0.5) is 5.95 Å². The molecule has 2 aliphatic rings. The first-order valence-electron chi connectivity index (χ1n) is 10.8. The summed E-state index contributed by atoms with van der Waals surface area (Å²) < 4.78 is 6.90. The van der Waals surface area contributed by atoms with Crippen molar-refractivity contribution in [1.29, 1.82) is 0 Å². The standard InChI is InChI=1S/C23H26ClN5O2/c1-31-10-9-29-21-17(11-19(22(29)30)18-7-2-3-8-20(18)24)12-25-23(26-21)27-28-13-15-5-4-6-16(15)14-28/h2-3,7-8,11-12,15-16H,4-6,9-10,13-14H2,1H3,(H,25,26,27). The Labute approximate surface area is 186 Å². The number of benzene rings is 1. The minimum Gasteiger partial charge on any atom is -0.383 e. The Hall–Kier alpha value is -2.48. The summed E-state index contributed by atoms with van der Waals surface area (Å²) in [4.78, 5) is 22.6. The van der Waals surface area contributed by atoms with Crippen LogP contribution in [0.2, 0.25) is 5.02 Å². The van der Waals surface area contributed by atoms with Gasteiger partial charge in [0.1, 0.15) is 5.65 Å². The Balaban J connectivity index is 1.53. The summed E-state index contributed by atoms with van der Waals surface area (Å²) in [5.74, 6) is 2.06. The van der Waals surface area contributed by atoms with Gasteiger partial charge in [-0.1, -0.05) is 36.2 Å². The summed E-state index contributed by atoms with van der Waals surface area (Å²) in [5.41, 5.74) is 5.05. The number of ether oxygens (including phenoxy) is 1. The van der Waals surface area contributed by atoms with Gasteiger partial charge in [-0.3, -0.25) is 14.8 Å². The number of halogens is 1. The number of anilines is 1. The monoisotopic (exact) mass is 439 g/mol. The molecule has 1 saturated heterocycles. The van der Waals surface area contributed by atoms with Gasteiger partial charge in [0.05, 0.1) is 13.2 Å². The molecular formula is C23H26ClN5O2. The molecule has 162 valence electrons. The number of hydrazine groups is 1. The van der Waals surface area contributed by atoms with Gasteiger partial charge in [-0.25, -0.2) is 9.99 Å². The lowest BCUT2D eigenvalue weighted by Gasteiger charge is -2.19. The third-order valence-corrected chi connectivity index (χ3v) is 6.82. The normalized spacial score (nSPS) is 21.0. The summed E-state index contributed by atoms with van der Waals surface area (Å²) in [6, 6.07) is 9.19. The van der Waals surface area contributed by atoms with Gasteiger partial charge >= 0.3 is 0 Å². The van der Waals surface area contributed by atoms with Crippen LogP contribution in [0, 0.1) is 11.8 Å². The van der Waals surface area contributed by atoms with Crippen molar-refractivity contribution in [2.75, 3.05) is 32.2 Å². The SMILES string of the molecule is COCCn1c(=O)c(-c2ccccc2Cl)cc2cnc(NN3CC4CCCC4C3)nc21. The van der Waals surface area contributed by atoms with E-state index < -0.39 is 0 Å². The Kier molecular flexibility index (Phi) is 5.65. The highest BCUT2D eigenvalue weighted by Gasteiger charge is 2.36. The molecule has 3 aromatic rings. The Morgan fingerprint density at radius 3 is 2.71 bits per heavy atom. The third kappa shape index (κ3) is 3.93. The van der Waals surface area contributed by atoms with Crippen LogP contribution in [0.1, 0.15) is 19.3 Å². The molecule has 7 nitrogen and oxygen atoms in total. The van der Waals surface area contributed by atoms with Gasteiger partial charge in [-0.15, -0.1) is 0 Å².